The minimum absolute atomic E-state index is 0.244. The van der Waals surface area contributed by atoms with Gasteiger partial charge in [-0.2, -0.15) is 5.10 Å². The van der Waals surface area contributed by atoms with Crippen molar-refractivity contribution in [2.45, 2.75) is 32.4 Å². The van der Waals surface area contributed by atoms with Gasteiger partial charge in [0.15, 0.2) is 0 Å². The zero-order valence-electron chi connectivity index (χ0n) is 12.9. The summed E-state index contributed by atoms with van der Waals surface area (Å²) >= 11 is 6.00. The maximum atomic E-state index is 12.5. The molecule has 0 saturated heterocycles. The van der Waals surface area contributed by atoms with E-state index >= 15 is 0 Å². The van der Waals surface area contributed by atoms with Crippen molar-refractivity contribution in [1.29, 1.82) is 0 Å². The molecule has 0 bridgehead atoms. The molecule has 1 aromatic carbocycles. The molecule has 23 heavy (non-hydrogen) atoms. The van der Waals surface area contributed by atoms with Gasteiger partial charge in [-0.05, 0) is 31.5 Å². The van der Waals surface area contributed by atoms with Gasteiger partial charge in [0, 0.05) is 17.5 Å². The number of aromatic nitrogens is 2. The van der Waals surface area contributed by atoms with E-state index in [9.17, 15) is 4.79 Å². The summed E-state index contributed by atoms with van der Waals surface area (Å²) in [5.74, 6) is 0.357. The zero-order valence-corrected chi connectivity index (χ0v) is 13.7. The first kappa shape index (κ1) is 15.6. The topological polar surface area (TPSA) is 68.5 Å². The summed E-state index contributed by atoms with van der Waals surface area (Å²) in [6.07, 6.45) is 2.11. The highest BCUT2D eigenvalue weighted by Gasteiger charge is 2.41. The van der Waals surface area contributed by atoms with Gasteiger partial charge in [-0.25, -0.2) is 4.68 Å². The van der Waals surface area contributed by atoms with E-state index in [0.717, 1.165) is 11.3 Å². The number of carbonyl (C=O) groups is 1. The molecule has 0 saturated carbocycles. The predicted octanol–water partition coefficient (Wildman–Crippen LogP) is 3.08. The Balaban J connectivity index is 1.73. The van der Waals surface area contributed by atoms with Crippen LogP contribution in [0.3, 0.4) is 0 Å². The van der Waals surface area contributed by atoms with E-state index in [1.54, 1.807) is 23.9 Å². The molecule has 3 rings (SSSR count). The van der Waals surface area contributed by atoms with Gasteiger partial charge in [-0.1, -0.05) is 28.9 Å². The Bertz CT molecular complexity index is 771. The number of halogens is 1. The number of amides is 1. The fourth-order valence-corrected chi connectivity index (χ4v) is 2.69. The van der Waals surface area contributed by atoms with Crippen molar-refractivity contribution in [3.63, 3.8) is 0 Å². The lowest BCUT2D eigenvalue weighted by molar-refractivity contribution is -0.136. The summed E-state index contributed by atoms with van der Waals surface area (Å²) in [5.41, 5.74) is 0.823. The second kappa shape index (κ2) is 6.04. The highest BCUT2D eigenvalue weighted by atomic mass is 35.5. The smallest absolute Gasteiger partial charge is 0.272 e. The van der Waals surface area contributed by atoms with Crippen LogP contribution in [0.1, 0.15) is 25.8 Å². The van der Waals surface area contributed by atoms with Crippen LogP contribution >= 0.6 is 11.6 Å². The third kappa shape index (κ3) is 3.37. The lowest BCUT2D eigenvalue weighted by Gasteiger charge is -2.20. The fourth-order valence-electron chi connectivity index (χ4n) is 2.47. The number of benzene rings is 1. The van der Waals surface area contributed by atoms with Gasteiger partial charge in [0.1, 0.15) is 5.82 Å². The number of nitrogens with one attached hydrogen (secondary N) is 1. The molecule has 1 atom stereocenters. The number of hydrogen-bond acceptors (Lipinski definition) is 4. The molecule has 1 aromatic heterocycles. The van der Waals surface area contributed by atoms with Gasteiger partial charge in [0.05, 0.1) is 18.5 Å². The normalized spacial score (nSPS) is 20.0. The fraction of sp³-hybridized carbons (Fsp3) is 0.312. The maximum absolute atomic E-state index is 12.5. The lowest BCUT2D eigenvalue weighted by Crippen LogP contribution is -2.40. The van der Waals surface area contributed by atoms with Crippen molar-refractivity contribution in [3.05, 3.63) is 47.1 Å². The molecule has 1 aliphatic rings. The minimum atomic E-state index is -0.977. The molecule has 0 fully saturated rings. The van der Waals surface area contributed by atoms with Gasteiger partial charge >= 0.3 is 0 Å². The number of anilines is 1. The average molecular weight is 333 g/mol. The molecule has 0 radical (unpaired) electrons. The van der Waals surface area contributed by atoms with Crippen LogP contribution in [0.4, 0.5) is 5.82 Å². The van der Waals surface area contributed by atoms with Crippen LogP contribution in [0.2, 0.25) is 5.02 Å². The SMILES string of the molecule is CC1=NO[C@](C)(C(=O)Nc2ccnn2Cc2cccc(Cl)c2)C1. The van der Waals surface area contributed by atoms with Gasteiger partial charge in [0.2, 0.25) is 5.60 Å². The Morgan fingerprint density at radius 1 is 1.48 bits per heavy atom. The molecule has 6 nitrogen and oxygen atoms in total. The van der Waals surface area contributed by atoms with Crippen LogP contribution in [0.15, 0.2) is 41.7 Å². The molecule has 7 heteroatoms. The van der Waals surface area contributed by atoms with Crippen LogP contribution in [0.5, 0.6) is 0 Å². The summed E-state index contributed by atoms with van der Waals surface area (Å²) in [6, 6.07) is 9.27. The Morgan fingerprint density at radius 3 is 3.00 bits per heavy atom. The van der Waals surface area contributed by atoms with Crippen molar-refractivity contribution in [2.75, 3.05) is 5.32 Å². The minimum Gasteiger partial charge on any atom is -0.379 e. The van der Waals surface area contributed by atoms with Gasteiger partial charge in [-0.15, -0.1) is 0 Å². The highest BCUT2D eigenvalue weighted by Crippen LogP contribution is 2.25. The second-order valence-corrected chi connectivity index (χ2v) is 6.22. The largest absolute Gasteiger partial charge is 0.379 e. The van der Waals surface area contributed by atoms with Crippen molar-refractivity contribution < 1.29 is 9.63 Å². The Hall–Kier alpha value is -2.34. The standard InChI is InChI=1S/C16H17ClN4O2/c1-11-9-16(2,23-20-11)15(22)19-14-6-7-18-21(14)10-12-4-3-5-13(17)8-12/h3-8H,9-10H2,1-2H3,(H,19,22)/t16-/m0/s1. The van der Waals surface area contributed by atoms with E-state index in [4.69, 9.17) is 16.4 Å². The molecular formula is C16H17ClN4O2. The van der Waals surface area contributed by atoms with E-state index in [0.29, 0.717) is 23.8 Å². The number of hydrogen-bond donors (Lipinski definition) is 1. The molecular weight excluding hydrogens is 316 g/mol. The van der Waals surface area contributed by atoms with E-state index in [1.165, 1.54) is 0 Å². The Kier molecular flexibility index (Phi) is 4.09. The molecule has 2 aromatic rings. The van der Waals surface area contributed by atoms with E-state index in [1.807, 2.05) is 31.2 Å². The summed E-state index contributed by atoms with van der Waals surface area (Å²) in [7, 11) is 0. The van der Waals surface area contributed by atoms with Crippen LogP contribution in [-0.4, -0.2) is 27.0 Å². The van der Waals surface area contributed by atoms with Crippen molar-refractivity contribution in [1.82, 2.24) is 9.78 Å². The lowest BCUT2D eigenvalue weighted by atomic mass is 9.99. The van der Waals surface area contributed by atoms with Crippen LogP contribution in [0.25, 0.3) is 0 Å². The predicted molar refractivity (Wildman–Crippen MR) is 88.6 cm³/mol. The second-order valence-electron chi connectivity index (χ2n) is 5.78. The summed E-state index contributed by atoms with van der Waals surface area (Å²) in [6.45, 7) is 4.07. The quantitative estimate of drug-likeness (QED) is 0.935. The number of carbonyl (C=O) groups excluding carboxylic acids is 1. The van der Waals surface area contributed by atoms with Crippen molar-refractivity contribution in [2.24, 2.45) is 5.16 Å². The first-order chi connectivity index (χ1) is 11.0. The summed E-state index contributed by atoms with van der Waals surface area (Å²) in [5, 5.41) is 11.6. The summed E-state index contributed by atoms with van der Waals surface area (Å²) < 4.78 is 1.70. The van der Waals surface area contributed by atoms with Crippen LogP contribution in [-0.2, 0) is 16.2 Å². The molecule has 0 unspecified atom stereocenters. The molecule has 120 valence electrons. The first-order valence-corrected chi connectivity index (χ1v) is 7.63. The van der Waals surface area contributed by atoms with Gasteiger partial charge in [-0.3, -0.25) is 4.79 Å². The molecule has 0 spiro atoms. The average Bonchev–Trinajstić information content (AvgIpc) is 3.07. The first-order valence-electron chi connectivity index (χ1n) is 7.26. The molecule has 1 amide bonds. The van der Waals surface area contributed by atoms with E-state index in [2.05, 4.69) is 15.6 Å². The van der Waals surface area contributed by atoms with Crippen LogP contribution < -0.4 is 5.32 Å². The van der Waals surface area contributed by atoms with Crippen LogP contribution in [0, 0.1) is 0 Å². The van der Waals surface area contributed by atoms with Gasteiger partial charge < -0.3 is 10.2 Å². The number of nitrogens with zero attached hydrogens (tertiary/aromatic N) is 3. The monoisotopic (exact) mass is 332 g/mol. The number of rotatable bonds is 4. The molecule has 1 N–H and O–H groups in total. The van der Waals surface area contributed by atoms with Crippen molar-refractivity contribution in [3.8, 4) is 0 Å². The third-order valence-corrected chi connectivity index (χ3v) is 3.89. The number of oxime groups is 1. The van der Waals surface area contributed by atoms with E-state index < -0.39 is 5.60 Å². The zero-order chi connectivity index (χ0) is 16.4. The maximum Gasteiger partial charge on any atom is 0.272 e. The Labute approximate surface area is 139 Å². The third-order valence-electron chi connectivity index (χ3n) is 3.66. The van der Waals surface area contributed by atoms with Crippen molar-refractivity contribution >= 4 is 29.0 Å². The molecule has 0 aliphatic carbocycles. The molecule has 2 heterocycles. The van der Waals surface area contributed by atoms with Gasteiger partial charge in [0.25, 0.3) is 5.91 Å². The highest BCUT2D eigenvalue weighted by molar-refractivity contribution is 6.30. The molecule has 1 aliphatic heterocycles. The Morgan fingerprint density at radius 2 is 2.30 bits per heavy atom. The summed E-state index contributed by atoms with van der Waals surface area (Å²) in [4.78, 5) is 17.7. The van der Waals surface area contributed by atoms with E-state index in [-0.39, 0.29) is 5.91 Å².